The van der Waals surface area contributed by atoms with Gasteiger partial charge >= 0.3 is 0 Å². The van der Waals surface area contributed by atoms with Crippen LogP contribution < -0.4 is 5.32 Å². The Hall–Kier alpha value is -2.24. The second kappa shape index (κ2) is 8.04. The highest BCUT2D eigenvalue weighted by Gasteiger charge is 2.15. The molecule has 0 fully saturated rings. The van der Waals surface area contributed by atoms with Crippen LogP contribution in [-0.2, 0) is 27.2 Å². The van der Waals surface area contributed by atoms with Crippen molar-refractivity contribution in [1.29, 1.82) is 0 Å². The molecule has 0 aliphatic heterocycles. The lowest BCUT2D eigenvalue weighted by atomic mass is 10.1. The molecule has 0 saturated heterocycles. The van der Waals surface area contributed by atoms with Gasteiger partial charge in [0.15, 0.2) is 5.96 Å². The number of nitrogens with one attached hydrogen (secondary N) is 1. The molecule has 6 nitrogen and oxygen atoms in total. The van der Waals surface area contributed by atoms with E-state index in [2.05, 4.69) is 61.6 Å². The van der Waals surface area contributed by atoms with Crippen LogP contribution in [0.25, 0.3) is 0 Å². The van der Waals surface area contributed by atoms with Gasteiger partial charge in [-0.05, 0) is 24.5 Å². The number of aromatic nitrogens is 3. The topological polar surface area (TPSA) is 50.4 Å². The monoisotopic (exact) mass is 330 g/mol. The number of nitrogens with zero attached hydrogens (tertiary/aromatic N) is 5. The molecule has 0 aromatic carbocycles. The summed E-state index contributed by atoms with van der Waals surface area (Å²) in [6, 6.07) is 2.10. The lowest BCUT2D eigenvalue weighted by molar-refractivity contribution is 0.473. The van der Waals surface area contributed by atoms with Gasteiger partial charge in [-0.15, -0.1) is 0 Å². The minimum absolute atomic E-state index is 0.415. The molecule has 6 heteroatoms. The number of hydrogen-bond donors (Lipinski definition) is 1. The van der Waals surface area contributed by atoms with Gasteiger partial charge in [-0.2, -0.15) is 5.10 Å². The van der Waals surface area contributed by atoms with Crippen molar-refractivity contribution in [3.05, 3.63) is 41.5 Å². The quantitative estimate of drug-likeness (QED) is 0.654. The third kappa shape index (κ3) is 4.63. The van der Waals surface area contributed by atoms with Crippen molar-refractivity contribution in [2.75, 3.05) is 13.6 Å². The second-order valence-corrected chi connectivity index (χ2v) is 6.58. The summed E-state index contributed by atoms with van der Waals surface area (Å²) in [6.07, 6.45) is 6.25. The minimum atomic E-state index is 0.415. The molecule has 0 unspecified atom stereocenters. The molecule has 0 atom stereocenters. The average Bonchev–Trinajstić information content (AvgIpc) is 3.09. The summed E-state index contributed by atoms with van der Waals surface area (Å²) < 4.78 is 3.94. The maximum Gasteiger partial charge on any atom is 0.194 e. The van der Waals surface area contributed by atoms with E-state index >= 15 is 0 Å². The maximum absolute atomic E-state index is 4.77. The first-order valence-corrected chi connectivity index (χ1v) is 8.53. The Labute approximate surface area is 145 Å². The molecule has 0 bridgehead atoms. The Morgan fingerprint density at radius 3 is 2.67 bits per heavy atom. The summed E-state index contributed by atoms with van der Waals surface area (Å²) in [5.74, 6) is 1.33. The Bertz CT molecular complexity index is 679. The second-order valence-electron chi connectivity index (χ2n) is 6.58. The molecule has 0 amide bonds. The van der Waals surface area contributed by atoms with Gasteiger partial charge in [0.05, 0.1) is 12.2 Å². The van der Waals surface area contributed by atoms with Crippen LogP contribution >= 0.6 is 0 Å². The van der Waals surface area contributed by atoms with E-state index in [1.54, 1.807) is 0 Å². The van der Waals surface area contributed by atoms with Crippen molar-refractivity contribution in [3.63, 3.8) is 0 Å². The van der Waals surface area contributed by atoms with E-state index < -0.39 is 0 Å². The fraction of sp³-hybridized carbons (Fsp3) is 0.556. The summed E-state index contributed by atoms with van der Waals surface area (Å²) >= 11 is 0. The van der Waals surface area contributed by atoms with Crippen LogP contribution in [0.4, 0.5) is 0 Å². The molecule has 0 spiro atoms. The first kappa shape index (κ1) is 18.1. The van der Waals surface area contributed by atoms with Crippen LogP contribution in [0.1, 0.15) is 43.5 Å². The largest absolute Gasteiger partial charge is 0.357 e. The zero-order valence-corrected chi connectivity index (χ0v) is 15.7. The highest BCUT2D eigenvalue weighted by Crippen LogP contribution is 2.18. The van der Waals surface area contributed by atoms with Crippen molar-refractivity contribution in [3.8, 4) is 0 Å². The Morgan fingerprint density at radius 1 is 1.33 bits per heavy atom. The van der Waals surface area contributed by atoms with Crippen LogP contribution in [0.5, 0.6) is 0 Å². The standard InChI is InChI=1S/C18H30N6/c1-7-19-18(20-10-15-8-9-22(4)11-15)23(5)12-16-13-24(6)21-17(16)14(2)3/h8-9,11,13-14H,7,10,12H2,1-6H3,(H,19,20). The zero-order chi connectivity index (χ0) is 17.7. The number of aliphatic imine (C=N–C) groups is 1. The fourth-order valence-corrected chi connectivity index (χ4v) is 2.78. The predicted molar refractivity (Wildman–Crippen MR) is 99.0 cm³/mol. The van der Waals surface area contributed by atoms with Gasteiger partial charge in [-0.1, -0.05) is 13.8 Å². The van der Waals surface area contributed by atoms with E-state index in [9.17, 15) is 0 Å². The zero-order valence-electron chi connectivity index (χ0n) is 15.7. The van der Waals surface area contributed by atoms with Gasteiger partial charge in [0.2, 0.25) is 0 Å². The average molecular weight is 330 g/mol. The first-order chi connectivity index (χ1) is 11.4. The van der Waals surface area contributed by atoms with Gasteiger partial charge < -0.3 is 14.8 Å². The van der Waals surface area contributed by atoms with Gasteiger partial charge in [-0.25, -0.2) is 4.99 Å². The van der Waals surface area contributed by atoms with Crippen LogP contribution in [0.2, 0.25) is 0 Å². The third-order valence-electron chi connectivity index (χ3n) is 3.89. The van der Waals surface area contributed by atoms with Crippen molar-refractivity contribution in [2.45, 2.75) is 39.8 Å². The molecule has 2 heterocycles. The van der Waals surface area contributed by atoms with Gasteiger partial charge in [0.25, 0.3) is 0 Å². The normalized spacial score (nSPS) is 12.0. The molecule has 2 rings (SSSR count). The van der Waals surface area contributed by atoms with E-state index in [1.165, 1.54) is 11.1 Å². The maximum atomic E-state index is 4.77. The van der Waals surface area contributed by atoms with E-state index in [1.807, 2.05) is 29.5 Å². The van der Waals surface area contributed by atoms with Crippen LogP contribution in [0, 0.1) is 0 Å². The molecule has 0 aliphatic carbocycles. The molecule has 2 aromatic rings. The number of guanidine groups is 1. The van der Waals surface area contributed by atoms with E-state index in [0.717, 1.165) is 24.7 Å². The van der Waals surface area contributed by atoms with Gasteiger partial charge in [0, 0.05) is 58.4 Å². The Morgan fingerprint density at radius 2 is 2.08 bits per heavy atom. The first-order valence-electron chi connectivity index (χ1n) is 8.53. The molecule has 2 aromatic heterocycles. The summed E-state index contributed by atoms with van der Waals surface area (Å²) in [5.41, 5.74) is 3.62. The smallest absolute Gasteiger partial charge is 0.194 e. The molecular weight excluding hydrogens is 300 g/mol. The van der Waals surface area contributed by atoms with Crippen LogP contribution in [-0.4, -0.2) is 38.8 Å². The third-order valence-corrected chi connectivity index (χ3v) is 3.89. The van der Waals surface area contributed by atoms with Crippen molar-refractivity contribution >= 4 is 5.96 Å². The lowest BCUT2D eigenvalue weighted by Gasteiger charge is -2.22. The van der Waals surface area contributed by atoms with Crippen molar-refractivity contribution in [1.82, 2.24) is 24.6 Å². The molecule has 24 heavy (non-hydrogen) atoms. The molecule has 0 radical (unpaired) electrons. The van der Waals surface area contributed by atoms with Crippen molar-refractivity contribution in [2.24, 2.45) is 19.1 Å². The fourth-order valence-electron chi connectivity index (χ4n) is 2.78. The molecule has 0 aliphatic rings. The SMILES string of the molecule is CCNC(=NCc1ccn(C)c1)N(C)Cc1cn(C)nc1C(C)C. The molecule has 0 saturated carbocycles. The van der Waals surface area contributed by atoms with E-state index in [4.69, 9.17) is 4.99 Å². The van der Waals surface area contributed by atoms with Gasteiger partial charge in [0.1, 0.15) is 0 Å². The number of rotatable bonds is 6. The van der Waals surface area contributed by atoms with E-state index in [0.29, 0.717) is 12.5 Å². The summed E-state index contributed by atoms with van der Waals surface area (Å²) in [6.45, 7) is 8.78. The summed E-state index contributed by atoms with van der Waals surface area (Å²) in [5, 5.41) is 7.97. The summed E-state index contributed by atoms with van der Waals surface area (Å²) in [4.78, 5) is 6.93. The summed E-state index contributed by atoms with van der Waals surface area (Å²) in [7, 11) is 6.08. The lowest BCUT2D eigenvalue weighted by Crippen LogP contribution is -2.38. The van der Waals surface area contributed by atoms with Gasteiger partial charge in [-0.3, -0.25) is 4.68 Å². The molecule has 1 N–H and O–H groups in total. The molecule has 132 valence electrons. The minimum Gasteiger partial charge on any atom is -0.357 e. The van der Waals surface area contributed by atoms with E-state index in [-0.39, 0.29) is 0 Å². The Balaban J connectivity index is 2.12. The highest BCUT2D eigenvalue weighted by atomic mass is 15.3. The van der Waals surface area contributed by atoms with Crippen LogP contribution in [0.3, 0.4) is 0 Å². The number of hydrogen-bond acceptors (Lipinski definition) is 2. The van der Waals surface area contributed by atoms with Crippen molar-refractivity contribution < 1.29 is 0 Å². The number of aryl methyl sites for hydroxylation is 2. The molecular formula is C18H30N6. The highest BCUT2D eigenvalue weighted by molar-refractivity contribution is 5.79. The predicted octanol–water partition coefficient (Wildman–Crippen LogP) is 2.48. The Kier molecular flexibility index (Phi) is 6.06. The van der Waals surface area contributed by atoms with Crippen LogP contribution in [0.15, 0.2) is 29.6 Å².